The summed E-state index contributed by atoms with van der Waals surface area (Å²) in [5.41, 5.74) is 9.22. The molecule has 0 aliphatic heterocycles. The summed E-state index contributed by atoms with van der Waals surface area (Å²) in [6.45, 7) is 0. The number of hydrogen-bond acceptors (Lipinski definition) is 5. The summed E-state index contributed by atoms with van der Waals surface area (Å²) in [7, 11) is 3.42. The van der Waals surface area contributed by atoms with E-state index in [1.807, 2.05) is 23.7 Å². The van der Waals surface area contributed by atoms with E-state index in [9.17, 15) is 0 Å². The number of benzene rings is 1. The predicted octanol–water partition coefficient (Wildman–Crippen LogP) is -0.0998. The molecule has 19 heavy (non-hydrogen) atoms. The number of rotatable bonds is 3. The number of methoxy groups -OCH3 is 1. The normalized spacial score (nSPS) is 11.4. The summed E-state index contributed by atoms with van der Waals surface area (Å²) in [6.07, 6.45) is 1.63. The van der Waals surface area contributed by atoms with Crippen molar-refractivity contribution in [3.63, 3.8) is 0 Å². The van der Waals surface area contributed by atoms with Gasteiger partial charge in [0.15, 0.2) is 5.82 Å². The zero-order valence-corrected chi connectivity index (χ0v) is 10.7. The van der Waals surface area contributed by atoms with Gasteiger partial charge in [-0.05, 0) is 18.2 Å². The summed E-state index contributed by atoms with van der Waals surface area (Å²) in [6, 6.07) is 5.44. The zero-order chi connectivity index (χ0) is 13.8. The van der Waals surface area contributed by atoms with Crippen molar-refractivity contribution in [2.24, 2.45) is 23.6 Å². The van der Waals surface area contributed by atoms with E-state index in [0.29, 0.717) is 11.4 Å². The van der Waals surface area contributed by atoms with Crippen LogP contribution in [0.15, 0.2) is 29.5 Å². The highest BCUT2D eigenvalue weighted by atomic mass is 16.5. The molecule has 0 aliphatic carbocycles. The maximum Gasteiger partial charge on any atom is 0.208 e. The highest BCUT2D eigenvalue weighted by Gasteiger charge is 2.09. The second kappa shape index (κ2) is 5.36. The van der Waals surface area contributed by atoms with Crippen molar-refractivity contribution in [1.82, 2.24) is 20.2 Å². The number of nitrogens with two attached hydrogens (primary N) is 2. The van der Waals surface area contributed by atoms with E-state index >= 15 is 0 Å². The fourth-order valence-electron chi connectivity index (χ4n) is 1.62. The quantitative estimate of drug-likeness (QED) is 0.307. The average Bonchev–Trinajstić information content (AvgIpc) is 2.85. The Hall–Kier alpha value is -2.61. The molecule has 0 fully saturated rings. The van der Waals surface area contributed by atoms with Gasteiger partial charge >= 0.3 is 0 Å². The molecule has 100 valence electrons. The van der Waals surface area contributed by atoms with Crippen LogP contribution >= 0.6 is 0 Å². The maximum atomic E-state index is 5.52. The number of aliphatic imine (C=N–C) groups is 1. The minimum absolute atomic E-state index is 0.102. The maximum absolute atomic E-state index is 5.52. The third kappa shape index (κ3) is 2.63. The zero-order valence-electron chi connectivity index (χ0n) is 10.7. The van der Waals surface area contributed by atoms with Crippen molar-refractivity contribution in [3.05, 3.63) is 24.5 Å². The fraction of sp³-hybridized carbons (Fsp3) is 0.182. The number of guanidine groups is 1. The lowest BCUT2D eigenvalue weighted by Crippen LogP contribution is -2.36. The van der Waals surface area contributed by atoms with Crippen LogP contribution in [0.1, 0.15) is 0 Å². The number of aromatic nitrogens is 3. The molecule has 8 heteroatoms. The summed E-state index contributed by atoms with van der Waals surface area (Å²) < 4.78 is 7.09. The van der Waals surface area contributed by atoms with Gasteiger partial charge in [0, 0.05) is 12.6 Å². The molecule has 1 aromatic carbocycles. The monoisotopic (exact) mass is 261 g/mol. The first kappa shape index (κ1) is 12.8. The molecule has 8 nitrogen and oxygen atoms in total. The number of hydrogen-bond donors (Lipinski definition) is 3. The van der Waals surface area contributed by atoms with Crippen molar-refractivity contribution in [2.45, 2.75) is 0 Å². The lowest BCUT2D eigenvalue weighted by molar-refractivity contribution is 0.416. The van der Waals surface area contributed by atoms with Crippen molar-refractivity contribution >= 4 is 11.6 Å². The smallest absolute Gasteiger partial charge is 0.208 e. The van der Waals surface area contributed by atoms with E-state index in [2.05, 4.69) is 20.6 Å². The van der Waals surface area contributed by atoms with Gasteiger partial charge in [0.25, 0.3) is 0 Å². The second-order valence-electron chi connectivity index (χ2n) is 3.79. The minimum Gasteiger partial charge on any atom is -0.494 e. The molecule has 0 saturated carbocycles. The standard InChI is InChI=1S/C11H15N7O/c1-18-6-14-17-10(18)7-3-4-8(9(5-7)19-2)15-11(12)16-13/h3-6H,13H2,1-2H3,(H3,12,15,16). The number of ether oxygens (including phenoxy) is 1. The first-order valence-corrected chi connectivity index (χ1v) is 5.49. The molecule has 2 rings (SSSR count). The first-order valence-electron chi connectivity index (χ1n) is 5.49. The third-order valence-electron chi connectivity index (χ3n) is 2.54. The van der Waals surface area contributed by atoms with Crippen molar-refractivity contribution < 1.29 is 4.74 Å². The predicted molar refractivity (Wildman–Crippen MR) is 71.6 cm³/mol. The molecule has 0 aliphatic rings. The molecule has 0 atom stereocenters. The molecule has 0 saturated heterocycles. The summed E-state index contributed by atoms with van der Waals surface area (Å²) >= 11 is 0. The SMILES string of the molecule is COc1cc(-c2nncn2C)ccc1N=C(N)NN. The molecule has 2 aromatic rings. The molecule has 1 heterocycles. The van der Waals surface area contributed by atoms with Gasteiger partial charge in [-0.3, -0.25) is 5.43 Å². The van der Waals surface area contributed by atoms with Gasteiger partial charge in [-0.15, -0.1) is 10.2 Å². The van der Waals surface area contributed by atoms with Gasteiger partial charge < -0.3 is 15.0 Å². The van der Waals surface area contributed by atoms with Crippen LogP contribution in [-0.2, 0) is 7.05 Å². The van der Waals surface area contributed by atoms with E-state index in [1.54, 1.807) is 19.5 Å². The van der Waals surface area contributed by atoms with E-state index in [-0.39, 0.29) is 5.96 Å². The van der Waals surface area contributed by atoms with Crippen molar-refractivity contribution in [1.29, 1.82) is 0 Å². The molecule has 0 unspecified atom stereocenters. The van der Waals surface area contributed by atoms with E-state index < -0.39 is 0 Å². The van der Waals surface area contributed by atoms with Gasteiger partial charge in [-0.2, -0.15) is 0 Å². The first-order chi connectivity index (χ1) is 9.15. The highest BCUT2D eigenvalue weighted by molar-refractivity contribution is 5.82. The number of nitrogens with one attached hydrogen (secondary N) is 1. The molecule has 0 spiro atoms. The molecular formula is C11H15N7O. The summed E-state index contributed by atoms with van der Waals surface area (Å²) in [5.74, 6) is 6.57. The van der Waals surface area contributed by atoms with Crippen LogP contribution in [0.4, 0.5) is 5.69 Å². The molecule has 1 aromatic heterocycles. The Morgan fingerprint density at radius 3 is 2.84 bits per heavy atom. The van der Waals surface area contributed by atoms with Gasteiger partial charge in [0.2, 0.25) is 5.96 Å². The number of nitrogens with zero attached hydrogens (tertiary/aromatic N) is 4. The van der Waals surface area contributed by atoms with Crippen molar-refractivity contribution in [3.8, 4) is 17.1 Å². The van der Waals surface area contributed by atoms with Crippen LogP contribution in [-0.4, -0.2) is 27.8 Å². The van der Waals surface area contributed by atoms with Crippen LogP contribution < -0.4 is 21.7 Å². The Balaban J connectivity index is 2.45. The Morgan fingerprint density at radius 1 is 1.47 bits per heavy atom. The molecule has 0 amide bonds. The van der Waals surface area contributed by atoms with Crippen LogP contribution in [0.3, 0.4) is 0 Å². The minimum atomic E-state index is 0.102. The largest absolute Gasteiger partial charge is 0.494 e. The van der Waals surface area contributed by atoms with Crippen LogP contribution in [0, 0.1) is 0 Å². The Kier molecular flexibility index (Phi) is 3.62. The average molecular weight is 261 g/mol. The molecule has 0 bridgehead atoms. The summed E-state index contributed by atoms with van der Waals surface area (Å²) in [4.78, 5) is 4.08. The van der Waals surface area contributed by atoms with Gasteiger partial charge in [-0.1, -0.05) is 0 Å². The van der Waals surface area contributed by atoms with E-state index in [4.69, 9.17) is 16.3 Å². The Bertz CT molecular complexity index is 605. The Morgan fingerprint density at radius 2 is 2.26 bits per heavy atom. The van der Waals surface area contributed by atoms with E-state index in [1.165, 1.54) is 0 Å². The third-order valence-corrected chi connectivity index (χ3v) is 2.54. The summed E-state index contributed by atoms with van der Waals surface area (Å²) in [5, 5.41) is 7.87. The lowest BCUT2D eigenvalue weighted by Gasteiger charge is -2.08. The van der Waals surface area contributed by atoms with Gasteiger partial charge in [0.1, 0.15) is 17.8 Å². The van der Waals surface area contributed by atoms with E-state index in [0.717, 1.165) is 11.4 Å². The molecule has 5 N–H and O–H groups in total. The second-order valence-corrected chi connectivity index (χ2v) is 3.79. The number of aryl methyl sites for hydroxylation is 1. The topological polar surface area (TPSA) is 116 Å². The number of hydrazine groups is 1. The van der Waals surface area contributed by atoms with Crippen LogP contribution in [0.5, 0.6) is 5.75 Å². The lowest BCUT2D eigenvalue weighted by atomic mass is 10.2. The highest BCUT2D eigenvalue weighted by Crippen LogP contribution is 2.31. The van der Waals surface area contributed by atoms with Crippen LogP contribution in [0.2, 0.25) is 0 Å². The fourth-order valence-corrected chi connectivity index (χ4v) is 1.62. The Labute approximate surface area is 110 Å². The van der Waals surface area contributed by atoms with Crippen molar-refractivity contribution in [2.75, 3.05) is 7.11 Å². The molecular weight excluding hydrogens is 246 g/mol. The molecule has 0 radical (unpaired) electrons. The van der Waals surface area contributed by atoms with Gasteiger partial charge in [0.05, 0.1) is 7.11 Å². The van der Waals surface area contributed by atoms with Crippen LogP contribution in [0.25, 0.3) is 11.4 Å². The van der Waals surface area contributed by atoms with Gasteiger partial charge in [-0.25, -0.2) is 10.8 Å².